The van der Waals surface area contributed by atoms with Crippen LogP contribution in [0.1, 0.15) is 5.56 Å². The standard InChI is InChI=1S/C8H7BCl2F3O/c10-7-2-1-6(8(11)3-7)4-15-5-9(12,13)14/h1-3H,4-5H2/q-1. The van der Waals surface area contributed by atoms with E-state index < -0.39 is 13.5 Å². The first-order valence-corrected chi connectivity index (χ1v) is 4.87. The van der Waals surface area contributed by atoms with Crippen molar-refractivity contribution >= 4 is 30.2 Å². The summed E-state index contributed by atoms with van der Waals surface area (Å²) < 4.78 is 39.9. The van der Waals surface area contributed by atoms with Crippen molar-refractivity contribution in [3.05, 3.63) is 33.8 Å². The van der Waals surface area contributed by atoms with E-state index in [1.54, 1.807) is 6.07 Å². The van der Waals surface area contributed by atoms with Crippen molar-refractivity contribution in [2.45, 2.75) is 6.61 Å². The third kappa shape index (κ3) is 4.77. The van der Waals surface area contributed by atoms with Crippen molar-refractivity contribution in [1.29, 1.82) is 0 Å². The fourth-order valence-electron chi connectivity index (χ4n) is 0.941. The normalized spacial score (nSPS) is 11.8. The van der Waals surface area contributed by atoms with Crippen molar-refractivity contribution in [3.63, 3.8) is 0 Å². The Morgan fingerprint density at radius 1 is 1.20 bits per heavy atom. The number of hydrogen-bond donors (Lipinski definition) is 0. The lowest BCUT2D eigenvalue weighted by Gasteiger charge is -2.14. The van der Waals surface area contributed by atoms with Gasteiger partial charge < -0.3 is 17.7 Å². The predicted molar refractivity (Wildman–Crippen MR) is 55.2 cm³/mol. The van der Waals surface area contributed by atoms with Crippen LogP contribution in [-0.2, 0) is 11.3 Å². The third-order valence-corrected chi connectivity index (χ3v) is 2.17. The van der Waals surface area contributed by atoms with Gasteiger partial charge in [0.1, 0.15) is 0 Å². The molecule has 0 saturated heterocycles. The van der Waals surface area contributed by atoms with E-state index >= 15 is 0 Å². The zero-order valence-corrected chi connectivity index (χ0v) is 9.03. The van der Waals surface area contributed by atoms with E-state index in [-0.39, 0.29) is 6.61 Å². The Morgan fingerprint density at radius 3 is 2.40 bits per heavy atom. The molecule has 1 rings (SSSR count). The fraction of sp³-hybridized carbons (Fsp3) is 0.250. The quantitative estimate of drug-likeness (QED) is 0.744. The highest BCUT2D eigenvalue weighted by molar-refractivity contribution is 6.58. The molecule has 1 aromatic rings. The first-order valence-electron chi connectivity index (χ1n) is 4.11. The molecule has 0 atom stereocenters. The summed E-state index contributed by atoms with van der Waals surface area (Å²) in [5, 5.41) is 0.737. The second kappa shape index (κ2) is 5.10. The summed E-state index contributed by atoms with van der Waals surface area (Å²) in [6.07, 6.45) is 0. The van der Waals surface area contributed by atoms with Crippen molar-refractivity contribution in [3.8, 4) is 0 Å². The molecule has 0 aliphatic carbocycles. The van der Waals surface area contributed by atoms with Gasteiger partial charge in [-0.15, -0.1) is 0 Å². The molecule has 0 spiro atoms. The second-order valence-electron chi connectivity index (χ2n) is 2.96. The number of ether oxygens (including phenoxy) is 1. The van der Waals surface area contributed by atoms with Crippen LogP contribution in [0.2, 0.25) is 10.0 Å². The van der Waals surface area contributed by atoms with Crippen molar-refractivity contribution in [1.82, 2.24) is 0 Å². The number of rotatable bonds is 4. The fourth-order valence-corrected chi connectivity index (χ4v) is 1.40. The molecule has 0 unspecified atom stereocenters. The van der Waals surface area contributed by atoms with Gasteiger partial charge in [-0.05, 0) is 17.7 Å². The zero-order chi connectivity index (χ0) is 11.5. The average molecular weight is 258 g/mol. The number of halogens is 5. The zero-order valence-electron chi connectivity index (χ0n) is 7.52. The van der Waals surface area contributed by atoms with Crippen LogP contribution in [0.3, 0.4) is 0 Å². The summed E-state index contributed by atoms with van der Waals surface area (Å²) in [6, 6.07) is 4.54. The van der Waals surface area contributed by atoms with Crippen molar-refractivity contribution in [2.24, 2.45) is 0 Å². The van der Waals surface area contributed by atoms with E-state index in [1.165, 1.54) is 12.1 Å². The summed E-state index contributed by atoms with van der Waals surface area (Å²) in [5.41, 5.74) is 0.487. The first kappa shape index (κ1) is 12.7. The molecule has 0 radical (unpaired) electrons. The summed E-state index contributed by atoms with van der Waals surface area (Å²) >= 11 is 11.4. The highest BCUT2D eigenvalue weighted by Gasteiger charge is 2.23. The lowest BCUT2D eigenvalue weighted by atomic mass is 9.95. The number of hydrogen-bond acceptors (Lipinski definition) is 1. The average Bonchev–Trinajstić information content (AvgIpc) is 2.07. The van der Waals surface area contributed by atoms with Crippen LogP contribution in [0.4, 0.5) is 12.9 Å². The van der Waals surface area contributed by atoms with Gasteiger partial charge in [0.25, 0.3) is 0 Å². The maximum absolute atomic E-state index is 11.8. The lowest BCUT2D eigenvalue weighted by molar-refractivity contribution is 0.138. The Hall–Kier alpha value is -0.385. The molecule has 15 heavy (non-hydrogen) atoms. The second-order valence-corrected chi connectivity index (χ2v) is 3.80. The van der Waals surface area contributed by atoms with Crippen LogP contribution in [0, 0.1) is 0 Å². The van der Waals surface area contributed by atoms with Gasteiger partial charge in [-0.2, -0.15) is 0 Å². The molecule has 7 heteroatoms. The van der Waals surface area contributed by atoms with Crippen LogP contribution >= 0.6 is 23.2 Å². The van der Waals surface area contributed by atoms with Crippen LogP contribution in [0.5, 0.6) is 0 Å². The third-order valence-electron chi connectivity index (χ3n) is 1.58. The predicted octanol–water partition coefficient (Wildman–Crippen LogP) is 3.90. The molecule has 0 heterocycles. The van der Waals surface area contributed by atoms with Gasteiger partial charge in [-0.1, -0.05) is 29.3 Å². The van der Waals surface area contributed by atoms with E-state index in [9.17, 15) is 12.9 Å². The Labute approximate surface area is 95.2 Å². The Balaban J connectivity index is 2.51. The molecule has 1 aromatic carbocycles. The molecule has 0 aromatic heterocycles. The summed E-state index contributed by atoms with van der Waals surface area (Å²) in [7, 11) is 0. The smallest absolute Gasteiger partial charge is 0.447 e. The molecule has 1 nitrogen and oxygen atoms in total. The molecule has 0 aliphatic rings. The highest BCUT2D eigenvalue weighted by Crippen LogP contribution is 2.22. The summed E-state index contributed by atoms with van der Waals surface area (Å²) in [6.45, 7) is -6.30. The molecule has 0 bridgehead atoms. The highest BCUT2D eigenvalue weighted by atomic mass is 35.5. The minimum Gasteiger partial charge on any atom is -0.447 e. The van der Waals surface area contributed by atoms with E-state index in [0.29, 0.717) is 15.6 Å². The largest absolute Gasteiger partial charge is 0.503 e. The Bertz CT molecular complexity index is 343. The molecule has 0 amide bonds. The van der Waals surface area contributed by atoms with E-state index in [2.05, 4.69) is 4.74 Å². The van der Waals surface area contributed by atoms with Crippen LogP contribution < -0.4 is 0 Å². The number of benzene rings is 1. The topological polar surface area (TPSA) is 9.23 Å². The Morgan fingerprint density at radius 2 is 1.87 bits per heavy atom. The van der Waals surface area contributed by atoms with E-state index in [4.69, 9.17) is 23.2 Å². The van der Waals surface area contributed by atoms with Gasteiger partial charge in [-0.25, -0.2) is 0 Å². The molecule has 0 N–H and O–H groups in total. The van der Waals surface area contributed by atoms with Crippen LogP contribution in [0.15, 0.2) is 18.2 Å². The molecular weight excluding hydrogens is 251 g/mol. The minimum atomic E-state index is -4.91. The maximum Gasteiger partial charge on any atom is 0.503 e. The monoisotopic (exact) mass is 257 g/mol. The molecule has 0 saturated carbocycles. The van der Waals surface area contributed by atoms with Crippen LogP contribution in [-0.4, -0.2) is 13.5 Å². The Kier molecular flexibility index (Phi) is 4.31. The van der Waals surface area contributed by atoms with Crippen LogP contribution in [0.25, 0.3) is 0 Å². The first-order chi connectivity index (χ1) is 6.88. The minimum absolute atomic E-state index is 0.169. The summed E-state index contributed by atoms with van der Waals surface area (Å²) in [5.74, 6) is 0. The van der Waals surface area contributed by atoms with Crippen molar-refractivity contribution in [2.75, 3.05) is 6.51 Å². The summed E-state index contributed by atoms with van der Waals surface area (Å²) in [4.78, 5) is 0. The maximum atomic E-state index is 11.8. The van der Waals surface area contributed by atoms with Gasteiger partial charge in [-0.3, -0.25) is 0 Å². The molecule has 0 fully saturated rings. The van der Waals surface area contributed by atoms with Gasteiger partial charge >= 0.3 is 6.98 Å². The SMILES string of the molecule is F[B-](F)(F)COCc1ccc(Cl)cc1Cl. The molecular formula is C8H7BCl2F3O-. The van der Waals surface area contributed by atoms with Crippen molar-refractivity contribution < 1.29 is 17.7 Å². The molecule has 84 valence electrons. The lowest BCUT2D eigenvalue weighted by Crippen LogP contribution is -2.23. The van der Waals surface area contributed by atoms with Gasteiger partial charge in [0.15, 0.2) is 0 Å². The van der Waals surface area contributed by atoms with Gasteiger partial charge in [0, 0.05) is 16.6 Å². The van der Waals surface area contributed by atoms with Gasteiger partial charge in [0.05, 0.1) is 6.61 Å². The van der Waals surface area contributed by atoms with Gasteiger partial charge in [0.2, 0.25) is 0 Å². The van der Waals surface area contributed by atoms with E-state index in [1.807, 2.05) is 0 Å². The molecule has 0 aliphatic heterocycles. The van der Waals surface area contributed by atoms with E-state index in [0.717, 1.165) is 0 Å².